The van der Waals surface area contributed by atoms with Gasteiger partial charge in [-0.15, -0.1) is 0 Å². The third-order valence-electron chi connectivity index (χ3n) is 5.55. The molecular weight excluding hydrogens is 398 g/mol. The van der Waals surface area contributed by atoms with Gasteiger partial charge in [0.2, 0.25) is 0 Å². The van der Waals surface area contributed by atoms with Crippen LogP contribution in [0, 0.1) is 0 Å². The Bertz CT molecular complexity index is 491. The Labute approximate surface area is 187 Å². The number of quaternary nitrogens is 1. The van der Waals surface area contributed by atoms with Crippen LogP contribution < -0.4 is 5.11 Å². The number of nitrogens with zero attached hydrogens (tertiary/aromatic N) is 1. The first-order valence-electron chi connectivity index (χ1n) is 11.9. The van der Waals surface area contributed by atoms with Crippen molar-refractivity contribution in [3.63, 3.8) is 0 Å². The fourth-order valence-electron chi connectivity index (χ4n) is 3.95. The number of hydrogen-bond donors (Lipinski definition) is 2. The van der Waals surface area contributed by atoms with Crippen LogP contribution in [0.3, 0.4) is 0 Å². The van der Waals surface area contributed by atoms with Gasteiger partial charge in [-0.05, 0) is 38.5 Å². The number of carboxylic acid groups (broad SMARTS) is 3. The summed E-state index contributed by atoms with van der Waals surface area (Å²) in [6, 6.07) is 0. The molecule has 0 unspecified atom stereocenters. The molecule has 0 saturated heterocycles. The summed E-state index contributed by atoms with van der Waals surface area (Å²) in [5.41, 5.74) is 0. The van der Waals surface area contributed by atoms with Crippen molar-refractivity contribution in [3.8, 4) is 0 Å². The first kappa shape index (κ1) is 29.1. The predicted octanol–water partition coefficient (Wildman–Crippen LogP) is 3.76. The fraction of sp³-hybridized carbons (Fsp3) is 0.792. The van der Waals surface area contributed by atoms with E-state index < -0.39 is 42.0 Å². The van der Waals surface area contributed by atoms with Gasteiger partial charge >= 0.3 is 11.9 Å². The molecule has 0 aromatic heterocycles. The predicted molar refractivity (Wildman–Crippen MR) is 119 cm³/mol. The van der Waals surface area contributed by atoms with Gasteiger partial charge in [-0.25, -0.2) is 9.59 Å². The smallest absolute Gasteiger partial charge is 0.359 e. The van der Waals surface area contributed by atoms with E-state index in [9.17, 15) is 19.5 Å². The van der Waals surface area contributed by atoms with Crippen LogP contribution in [-0.2, 0) is 14.4 Å². The molecule has 0 aromatic carbocycles. The Kier molecular flexibility index (Phi) is 17.7. The van der Waals surface area contributed by atoms with E-state index >= 15 is 0 Å². The zero-order chi connectivity index (χ0) is 23.4. The molecule has 0 aromatic rings. The Morgan fingerprint density at radius 1 is 0.677 bits per heavy atom. The summed E-state index contributed by atoms with van der Waals surface area (Å²) in [5.74, 6) is -3.83. The lowest BCUT2D eigenvalue weighted by molar-refractivity contribution is -0.909. The molecule has 0 rings (SSSR count). The number of carbonyl (C=O) groups is 3. The van der Waals surface area contributed by atoms with Gasteiger partial charge in [0, 0.05) is 0 Å². The zero-order valence-electron chi connectivity index (χ0n) is 19.4. The molecule has 0 aliphatic heterocycles. The molecule has 0 aliphatic rings. The van der Waals surface area contributed by atoms with E-state index in [4.69, 9.17) is 10.2 Å². The first-order valence-corrected chi connectivity index (χ1v) is 11.9. The summed E-state index contributed by atoms with van der Waals surface area (Å²) in [7, 11) is 0. The van der Waals surface area contributed by atoms with Crippen LogP contribution in [0.1, 0.15) is 96.8 Å². The van der Waals surface area contributed by atoms with E-state index in [1.807, 2.05) is 0 Å². The summed E-state index contributed by atoms with van der Waals surface area (Å²) >= 11 is 0. The van der Waals surface area contributed by atoms with Gasteiger partial charge in [0.05, 0.1) is 12.5 Å². The van der Waals surface area contributed by atoms with Crippen LogP contribution in [0.2, 0.25) is 0 Å². The molecule has 31 heavy (non-hydrogen) atoms. The minimum Gasteiger partial charge on any atom is -0.544 e. The maximum absolute atomic E-state index is 11.1. The molecule has 0 bridgehead atoms. The quantitative estimate of drug-likeness (QED) is 0.150. The molecule has 0 amide bonds. The molecule has 7 heteroatoms. The highest BCUT2D eigenvalue weighted by Gasteiger charge is 2.33. The third kappa shape index (κ3) is 18.6. The summed E-state index contributed by atoms with van der Waals surface area (Å²) in [6.45, 7) is 0.806. The molecule has 7 nitrogen and oxygen atoms in total. The lowest BCUT2D eigenvalue weighted by Crippen LogP contribution is -2.59. The topological polar surface area (TPSA) is 115 Å². The molecule has 0 spiro atoms. The minimum absolute atomic E-state index is 0.213. The van der Waals surface area contributed by atoms with Crippen molar-refractivity contribution in [3.05, 3.63) is 12.2 Å². The Morgan fingerprint density at radius 3 is 1.52 bits per heavy atom. The van der Waals surface area contributed by atoms with Crippen LogP contribution in [0.4, 0.5) is 0 Å². The van der Waals surface area contributed by atoms with Crippen LogP contribution in [0.5, 0.6) is 0 Å². The molecule has 0 fully saturated rings. The molecule has 0 heterocycles. The van der Waals surface area contributed by atoms with Gasteiger partial charge < -0.3 is 24.6 Å². The van der Waals surface area contributed by atoms with Gasteiger partial charge in [-0.2, -0.15) is 0 Å². The number of hydrogen-bond acceptors (Lipinski definition) is 4. The van der Waals surface area contributed by atoms with Gasteiger partial charge in [0.25, 0.3) is 0 Å². The molecule has 0 aliphatic carbocycles. The van der Waals surface area contributed by atoms with Gasteiger partial charge in [-0.1, -0.05) is 70.4 Å². The SMILES string of the molecule is CCCCCCCCC/C=C/CCCCCCC[N+](CC(=O)[O-])(CC(=O)O)CC(=O)O. The van der Waals surface area contributed by atoms with E-state index in [1.165, 1.54) is 44.9 Å². The van der Waals surface area contributed by atoms with Crippen LogP contribution >= 0.6 is 0 Å². The van der Waals surface area contributed by atoms with Crippen molar-refractivity contribution in [2.24, 2.45) is 0 Å². The molecule has 180 valence electrons. The van der Waals surface area contributed by atoms with E-state index in [0.29, 0.717) is 6.42 Å². The second-order valence-corrected chi connectivity index (χ2v) is 8.64. The van der Waals surface area contributed by atoms with Crippen LogP contribution in [-0.4, -0.2) is 58.8 Å². The molecular formula is C24H43NO6. The Morgan fingerprint density at radius 2 is 1.10 bits per heavy atom. The maximum Gasteiger partial charge on any atom is 0.359 e. The molecule has 2 N–H and O–H groups in total. The second-order valence-electron chi connectivity index (χ2n) is 8.64. The Balaban J connectivity index is 3.93. The van der Waals surface area contributed by atoms with Crippen molar-refractivity contribution in [2.45, 2.75) is 96.8 Å². The lowest BCUT2D eigenvalue weighted by Gasteiger charge is -2.36. The standard InChI is InChI=1S/C24H43NO6/c1-2-3-4-5-6-7-8-9-10-11-12-13-14-15-16-17-18-25(19-22(26)27,20-23(28)29)21-24(30)31/h10-11H,2-9,12-21H2,1H3,(H2-,26,27,28,29,30,31)/b11-10+. The van der Waals surface area contributed by atoms with E-state index in [0.717, 1.165) is 38.5 Å². The number of carboxylic acids is 3. The highest BCUT2D eigenvalue weighted by atomic mass is 16.4. The first-order chi connectivity index (χ1) is 14.8. The van der Waals surface area contributed by atoms with Crippen molar-refractivity contribution in [2.75, 3.05) is 26.2 Å². The average molecular weight is 442 g/mol. The van der Waals surface area contributed by atoms with E-state index in [2.05, 4.69) is 19.1 Å². The zero-order valence-corrected chi connectivity index (χ0v) is 19.4. The summed E-state index contributed by atoms with van der Waals surface area (Å²) in [6.07, 6.45) is 20.6. The monoisotopic (exact) mass is 441 g/mol. The second kappa shape index (κ2) is 18.8. The van der Waals surface area contributed by atoms with Crippen molar-refractivity contribution < 1.29 is 34.2 Å². The van der Waals surface area contributed by atoms with Gasteiger partial charge in [-0.3, -0.25) is 0 Å². The van der Waals surface area contributed by atoms with E-state index in [1.54, 1.807) is 0 Å². The number of allylic oxidation sites excluding steroid dienone is 2. The summed E-state index contributed by atoms with van der Waals surface area (Å²) in [5, 5.41) is 29.2. The largest absolute Gasteiger partial charge is 0.544 e. The highest BCUT2D eigenvalue weighted by Crippen LogP contribution is 2.13. The number of rotatable bonds is 22. The van der Waals surface area contributed by atoms with Gasteiger partial charge in [0.15, 0.2) is 13.1 Å². The number of aliphatic carboxylic acids is 3. The normalized spacial score (nSPS) is 11.8. The van der Waals surface area contributed by atoms with Gasteiger partial charge in [0.1, 0.15) is 6.54 Å². The molecule has 0 atom stereocenters. The molecule has 0 radical (unpaired) electrons. The summed E-state index contributed by atoms with van der Waals surface area (Å²) < 4.78 is -0.506. The van der Waals surface area contributed by atoms with Crippen molar-refractivity contribution >= 4 is 17.9 Å². The fourth-order valence-corrected chi connectivity index (χ4v) is 3.95. The van der Waals surface area contributed by atoms with Crippen LogP contribution in [0.15, 0.2) is 12.2 Å². The average Bonchev–Trinajstić information content (AvgIpc) is 2.66. The Hall–Kier alpha value is -1.89. The van der Waals surface area contributed by atoms with E-state index in [-0.39, 0.29) is 6.54 Å². The number of unbranched alkanes of at least 4 members (excludes halogenated alkanes) is 12. The number of carbonyl (C=O) groups excluding carboxylic acids is 1. The van der Waals surface area contributed by atoms with Crippen molar-refractivity contribution in [1.82, 2.24) is 0 Å². The maximum atomic E-state index is 11.1. The lowest BCUT2D eigenvalue weighted by atomic mass is 10.1. The van der Waals surface area contributed by atoms with Crippen molar-refractivity contribution in [1.29, 1.82) is 0 Å². The minimum atomic E-state index is -1.43. The highest BCUT2D eigenvalue weighted by molar-refractivity contribution is 5.72. The van der Waals surface area contributed by atoms with Crippen LogP contribution in [0.25, 0.3) is 0 Å². The third-order valence-corrected chi connectivity index (χ3v) is 5.55. The summed E-state index contributed by atoms with van der Waals surface area (Å²) in [4.78, 5) is 33.3. The molecule has 0 saturated carbocycles.